The summed E-state index contributed by atoms with van der Waals surface area (Å²) < 4.78 is 0. The largest absolute Gasteiger partial charge is 0.481 e. The van der Waals surface area contributed by atoms with Gasteiger partial charge >= 0.3 is 5.97 Å². The number of hydrogen-bond donors (Lipinski definition) is 1. The second-order valence-electron chi connectivity index (χ2n) is 5.52. The molecular weight excluding hydrogens is 286 g/mol. The lowest BCUT2D eigenvalue weighted by molar-refractivity contribution is -0.148. The highest BCUT2D eigenvalue weighted by Gasteiger charge is 2.38. The first kappa shape index (κ1) is 15.9. The molecule has 2 atom stereocenters. The molecule has 1 amide bonds. The Morgan fingerprint density at radius 3 is 2.43 bits per heavy atom. The third-order valence-electron chi connectivity index (χ3n) is 4.11. The number of hydrogen-bond acceptors (Lipinski definition) is 3. The first-order valence-corrected chi connectivity index (χ1v) is 8.36. The Balaban J connectivity index is 2.00. The molecule has 21 heavy (non-hydrogen) atoms. The highest BCUT2D eigenvalue weighted by molar-refractivity contribution is 7.98. The number of amides is 1. The Bertz CT molecular complexity index is 515. The van der Waals surface area contributed by atoms with Gasteiger partial charge in [0.05, 0.1) is 11.8 Å². The topological polar surface area (TPSA) is 57.6 Å². The normalized spacial score (nSPS) is 21.2. The maximum atomic E-state index is 12.4. The molecule has 1 N–H and O–H groups in total. The predicted molar refractivity (Wildman–Crippen MR) is 83.2 cm³/mol. The third-order valence-corrected chi connectivity index (χ3v) is 4.85. The SMILES string of the molecule is CSc1ccc(CN(C)C(=O)C2CCCC2C(=O)O)cc1. The highest BCUT2D eigenvalue weighted by Crippen LogP contribution is 2.33. The van der Waals surface area contributed by atoms with Crippen molar-refractivity contribution in [2.45, 2.75) is 30.7 Å². The minimum absolute atomic E-state index is 0.0474. The van der Waals surface area contributed by atoms with Crippen molar-refractivity contribution in [3.63, 3.8) is 0 Å². The summed E-state index contributed by atoms with van der Waals surface area (Å²) in [6, 6.07) is 8.10. The predicted octanol–water partition coefficient (Wildman–Crippen LogP) is 2.87. The van der Waals surface area contributed by atoms with E-state index in [2.05, 4.69) is 0 Å². The number of carboxylic acid groups (broad SMARTS) is 1. The lowest BCUT2D eigenvalue weighted by Gasteiger charge is -2.23. The minimum Gasteiger partial charge on any atom is -0.481 e. The van der Waals surface area contributed by atoms with Crippen molar-refractivity contribution >= 4 is 23.6 Å². The average molecular weight is 307 g/mol. The van der Waals surface area contributed by atoms with Crippen molar-refractivity contribution in [2.75, 3.05) is 13.3 Å². The van der Waals surface area contributed by atoms with Crippen LogP contribution in [0.3, 0.4) is 0 Å². The van der Waals surface area contributed by atoms with E-state index in [0.717, 1.165) is 12.0 Å². The summed E-state index contributed by atoms with van der Waals surface area (Å²) in [7, 11) is 1.75. The van der Waals surface area contributed by atoms with Crippen LogP contribution < -0.4 is 0 Å². The molecule has 4 nitrogen and oxygen atoms in total. The monoisotopic (exact) mass is 307 g/mol. The standard InChI is InChI=1S/C16H21NO3S/c1-17(10-11-6-8-12(21-2)9-7-11)15(18)13-4-3-5-14(13)16(19)20/h6-9,13-14H,3-5,10H2,1-2H3,(H,19,20). The van der Waals surface area contributed by atoms with Crippen LogP contribution in [0.1, 0.15) is 24.8 Å². The molecule has 0 radical (unpaired) electrons. The Kier molecular flexibility index (Phi) is 5.28. The fourth-order valence-electron chi connectivity index (χ4n) is 2.92. The number of carboxylic acids is 1. The molecule has 1 aliphatic rings. The molecule has 0 heterocycles. The van der Waals surface area contributed by atoms with Gasteiger partial charge in [-0.2, -0.15) is 0 Å². The van der Waals surface area contributed by atoms with Crippen molar-refractivity contribution in [1.82, 2.24) is 4.90 Å². The zero-order valence-corrected chi connectivity index (χ0v) is 13.2. The lowest BCUT2D eigenvalue weighted by atomic mass is 9.95. The number of carbonyl (C=O) groups is 2. The molecule has 1 aromatic rings. The molecule has 0 saturated heterocycles. The summed E-state index contributed by atoms with van der Waals surface area (Å²) in [4.78, 5) is 26.5. The van der Waals surface area contributed by atoms with Crippen molar-refractivity contribution in [3.8, 4) is 0 Å². The molecular formula is C16H21NO3S. The van der Waals surface area contributed by atoms with Crippen molar-refractivity contribution in [3.05, 3.63) is 29.8 Å². The van der Waals surface area contributed by atoms with E-state index in [1.54, 1.807) is 23.7 Å². The lowest BCUT2D eigenvalue weighted by Crippen LogP contribution is -2.36. The first-order chi connectivity index (χ1) is 10.0. The Morgan fingerprint density at radius 2 is 1.86 bits per heavy atom. The molecule has 2 unspecified atom stereocenters. The summed E-state index contributed by atoms with van der Waals surface area (Å²) in [6.45, 7) is 0.524. The summed E-state index contributed by atoms with van der Waals surface area (Å²) in [5.74, 6) is -1.77. The molecule has 5 heteroatoms. The Morgan fingerprint density at radius 1 is 1.24 bits per heavy atom. The van der Waals surface area contributed by atoms with Gasteiger partial charge in [-0.3, -0.25) is 9.59 Å². The van der Waals surface area contributed by atoms with Crippen LogP contribution in [-0.2, 0) is 16.1 Å². The van der Waals surface area contributed by atoms with Crippen LogP contribution in [0.15, 0.2) is 29.2 Å². The number of benzene rings is 1. The van der Waals surface area contributed by atoms with Crippen LogP contribution in [0, 0.1) is 11.8 Å². The molecule has 1 aromatic carbocycles. The number of carbonyl (C=O) groups excluding carboxylic acids is 1. The van der Waals surface area contributed by atoms with Gasteiger partial charge in [0.1, 0.15) is 0 Å². The summed E-state index contributed by atoms with van der Waals surface area (Å²) in [6.07, 6.45) is 4.15. The molecule has 0 aromatic heterocycles. The fourth-order valence-corrected chi connectivity index (χ4v) is 3.33. The zero-order valence-electron chi connectivity index (χ0n) is 12.4. The third kappa shape index (κ3) is 3.79. The summed E-state index contributed by atoms with van der Waals surface area (Å²) in [5.41, 5.74) is 1.06. The van der Waals surface area contributed by atoms with E-state index >= 15 is 0 Å². The van der Waals surface area contributed by atoms with Gasteiger partial charge in [0, 0.05) is 18.5 Å². The van der Waals surface area contributed by atoms with Crippen LogP contribution >= 0.6 is 11.8 Å². The Labute approximate surface area is 129 Å². The van der Waals surface area contributed by atoms with E-state index in [1.807, 2.05) is 30.5 Å². The highest BCUT2D eigenvalue weighted by atomic mass is 32.2. The van der Waals surface area contributed by atoms with Gasteiger partial charge in [0.25, 0.3) is 0 Å². The quantitative estimate of drug-likeness (QED) is 0.850. The van der Waals surface area contributed by atoms with Crippen molar-refractivity contribution < 1.29 is 14.7 Å². The maximum Gasteiger partial charge on any atom is 0.307 e. The van der Waals surface area contributed by atoms with E-state index in [-0.39, 0.29) is 11.8 Å². The minimum atomic E-state index is -0.844. The zero-order chi connectivity index (χ0) is 15.4. The van der Waals surface area contributed by atoms with E-state index < -0.39 is 11.9 Å². The number of thioether (sulfide) groups is 1. The maximum absolute atomic E-state index is 12.4. The molecule has 114 valence electrons. The van der Waals surface area contributed by atoms with E-state index in [1.165, 1.54) is 4.90 Å². The van der Waals surface area contributed by atoms with Crippen molar-refractivity contribution in [1.29, 1.82) is 0 Å². The van der Waals surface area contributed by atoms with Crippen LogP contribution in [0.4, 0.5) is 0 Å². The molecule has 2 rings (SSSR count). The first-order valence-electron chi connectivity index (χ1n) is 7.13. The van der Waals surface area contributed by atoms with Gasteiger partial charge in [0.15, 0.2) is 0 Å². The van der Waals surface area contributed by atoms with Gasteiger partial charge < -0.3 is 10.0 Å². The molecule has 0 bridgehead atoms. The van der Waals surface area contributed by atoms with E-state index in [0.29, 0.717) is 19.4 Å². The van der Waals surface area contributed by atoms with Crippen LogP contribution in [0.5, 0.6) is 0 Å². The number of rotatable bonds is 5. The van der Waals surface area contributed by atoms with Gasteiger partial charge in [0.2, 0.25) is 5.91 Å². The fraction of sp³-hybridized carbons (Fsp3) is 0.500. The summed E-state index contributed by atoms with van der Waals surface area (Å²) >= 11 is 1.68. The number of nitrogens with zero attached hydrogens (tertiary/aromatic N) is 1. The molecule has 1 aliphatic carbocycles. The van der Waals surface area contributed by atoms with Crippen LogP contribution in [0.25, 0.3) is 0 Å². The van der Waals surface area contributed by atoms with Crippen molar-refractivity contribution in [2.24, 2.45) is 11.8 Å². The Hall–Kier alpha value is -1.49. The molecule has 1 saturated carbocycles. The average Bonchev–Trinajstić information content (AvgIpc) is 2.96. The number of aliphatic carboxylic acids is 1. The molecule has 1 fully saturated rings. The summed E-state index contributed by atoms with van der Waals surface area (Å²) in [5, 5.41) is 9.19. The van der Waals surface area contributed by atoms with Crippen LogP contribution in [0.2, 0.25) is 0 Å². The second kappa shape index (κ2) is 6.98. The van der Waals surface area contributed by atoms with Gasteiger partial charge in [-0.25, -0.2) is 0 Å². The second-order valence-corrected chi connectivity index (χ2v) is 6.40. The van der Waals surface area contributed by atoms with Gasteiger partial charge in [-0.05, 0) is 36.8 Å². The molecule has 0 spiro atoms. The van der Waals surface area contributed by atoms with Gasteiger partial charge in [-0.1, -0.05) is 18.6 Å². The van der Waals surface area contributed by atoms with E-state index in [9.17, 15) is 14.7 Å². The smallest absolute Gasteiger partial charge is 0.307 e. The van der Waals surface area contributed by atoms with E-state index in [4.69, 9.17) is 0 Å². The van der Waals surface area contributed by atoms with Crippen LogP contribution in [-0.4, -0.2) is 35.2 Å². The molecule has 0 aliphatic heterocycles. The van der Waals surface area contributed by atoms with Gasteiger partial charge in [-0.15, -0.1) is 11.8 Å².